The molecule has 15 heteroatoms. The number of carbonyl (C=O) groups excluding carboxylic acids is 1. The number of nitrogens with one attached hydrogen (secondary N) is 1. The molecule has 2 unspecified atom stereocenters. The number of amides is 1. The van der Waals surface area contributed by atoms with Crippen molar-refractivity contribution in [1.82, 2.24) is 5.32 Å². The maximum atomic E-state index is 15.1. The number of fused-ring (bicyclic) bond motifs is 1. The molecule has 1 amide bonds. The van der Waals surface area contributed by atoms with Crippen molar-refractivity contribution in [3.63, 3.8) is 0 Å². The Bertz CT molecular complexity index is 1180. The van der Waals surface area contributed by atoms with Gasteiger partial charge in [0.2, 0.25) is 5.52 Å². The fourth-order valence-electron chi connectivity index (χ4n) is 3.53. The molecule has 0 aliphatic heterocycles. The maximum absolute atomic E-state index is 15.1. The van der Waals surface area contributed by atoms with Gasteiger partial charge in [0.25, 0.3) is 5.91 Å². The zero-order valence-corrected chi connectivity index (χ0v) is 18.4. The summed E-state index contributed by atoms with van der Waals surface area (Å²) >= 11 is 2.11. The number of rotatable bonds is 5. The standard InChI is InChI=1S/C20H12BrF9N2O3/c21-17(18(24,19(25,26)27)20(28,29)30)7-1-4-13(35-16(22)23)14(17)31-15(33)11-5-6-12-10(9-11)3-2-8-32(12)34/h1-9,14,16H,(H,31,33). The molecule has 1 aliphatic rings. The van der Waals surface area contributed by atoms with Gasteiger partial charge in [-0.3, -0.25) is 4.79 Å². The fraction of sp³-hybridized carbons (Fsp3) is 0.300. The second kappa shape index (κ2) is 8.91. The minimum absolute atomic E-state index is 0.0676. The van der Waals surface area contributed by atoms with Crippen molar-refractivity contribution >= 4 is 32.7 Å². The summed E-state index contributed by atoms with van der Waals surface area (Å²) in [5.74, 6) is -2.64. The number of alkyl halides is 10. The van der Waals surface area contributed by atoms with Crippen LogP contribution in [0, 0.1) is 5.21 Å². The number of halogens is 10. The summed E-state index contributed by atoms with van der Waals surface area (Å²) in [7, 11) is 0. The Morgan fingerprint density at radius 3 is 2.31 bits per heavy atom. The highest BCUT2D eigenvalue weighted by molar-refractivity contribution is 9.10. The summed E-state index contributed by atoms with van der Waals surface area (Å²) in [6.07, 6.45) is -11.0. The van der Waals surface area contributed by atoms with E-state index in [4.69, 9.17) is 0 Å². The molecule has 35 heavy (non-hydrogen) atoms. The van der Waals surface area contributed by atoms with Gasteiger partial charge in [0.1, 0.15) is 16.1 Å². The monoisotopic (exact) mass is 578 g/mol. The Morgan fingerprint density at radius 2 is 1.74 bits per heavy atom. The van der Waals surface area contributed by atoms with Crippen LogP contribution in [0.2, 0.25) is 0 Å². The van der Waals surface area contributed by atoms with Crippen molar-refractivity contribution in [3.8, 4) is 0 Å². The van der Waals surface area contributed by atoms with Gasteiger partial charge in [-0.25, -0.2) is 4.39 Å². The second-order valence-corrected chi connectivity index (χ2v) is 8.55. The third-order valence-electron chi connectivity index (χ3n) is 5.14. The van der Waals surface area contributed by atoms with E-state index in [0.717, 1.165) is 24.4 Å². The number of hydrogen-bond donors (Lipinski definition) is 1. The molecule has 1 N–H and O–H groups in total. The molecule has 2 aromatic rings. The van der Waals surface area contributed by atoms with E-state index in [1.54, 1.807) is 5.32 Å². The number of hydrogen-bond acceptors (Lipinski definition) is 3. The molecule has 0 radical (unpaired) electrons. The average Bonchev–Trinajstić information content (AvgIpc) is 2.73. The molecule has 0 bridgehead atoms. The van der Waals surface area contributed by atoms with Crippen LogP contribution < -0.4 is 10.0 Å². The first kappa shape index (κ1) is 26.6. The van der Waals surface area contributed by atoms with Gasteiger partial charge in [0.15, 0.2) is 6.20 Å². The lowest BCUT2D eigenvalue weighted by molar-refractivity contribution is -0.577. The topological polar surface area (TPSA) is 65.3 Å². The number of nitrogens with zero attached hydrogens (tertiary/aromatic N) is 1. The van der Waals surface area contributed by atoms with Gasteiger partial charge in [0, 0.05) is 23.1 Å². The molecule has 1 heterocycles. The zero-order valence-electron chi connectivity index (χ0n) is 16.8. The number of pyridine rings is 1. The fourth-order valence-corrected chi connectivity index (χ4v) is 4.47. The molecule has 2 atom stereocenters. The Balaban J connectivity index is 2.12. The molecule has 3 rings (SSSR count). The summed E-state index contributed by atoms with van der Waals surface area (Å²) < 4.78 is 123. The Morgan fingerprint density at radius 1 is 1.11 bits per heavy atom. The van der Waals surface area contributed by atoms with Crippen molar-refractivity contribution in [2.45, 2.75) is 35.0 Å². The molecule has 0 spiro atoms. The van der Waals surface area contributed by atoms with Gasteiger partial charge in [-0.15, -0.1) is 0 Å². The lowest BCUT2D eigenvalue weighted by Gasteiger charge is -2.46. The van der Waals surface area contributed by atoms with Crippen LogP contribution in [0.15, 0.2) is 60.5 Å². The van der Waals surface area contributed by atoms with Crippen molar-refractivity contribution in [2.75, 3.05) is 0 Å². The maximum Gasteiger partial charge on any atom is 0.433 e. The third kappa shape index (κ3) is 4.52. The first-order valence-corrected chi connectivity index (χ1v) is 10.1. The van der Waals surface area contributed by atoms with Crippen LogP contribution in [0.1, 0.15) is 10.4 Å². The van der Waals surface area contributed by atoms with E-state index < -0.39 is 46.7 Å². The molecule has 190 valence electrons. The second-order valence-electron chi connectivity index (χ2n) is 7.24. The summed E-state index contributed by atoms with van der Waals surface area (Å²) in [5, 5.41) is 13.6. The Kier molecular flexibility index (Phi) is 6.78. The van der Waals surface area contributed by atoms with Crippen molar-refractivity contribution in [3.05, 3.63) is 71.3 Å². The number of carbonyl (C=O) groups is 1. The summed E-state index contributed by atoms with van der Waals surface area (Å²) in [6, 6.07) is 3.14. The quantitative estimate of drug-likeness (QED) is 0.229. The lowest BCUT2D eigenvalue weighted by Crippen LogP contribution is -2.71. The van der Waals surface area contributed by atoms with Crippen molar-refractivity contribution in [1.29, 1.82) is 0 Å². The number of allylic oxidation sites excluding steroid dienone is 2. The Labute approximate surface area is 198 Å². The van der Waals surface area contributed by atoms with Crippen LogP contribution in [0.25, 0.3) is 10.9 Å². The van der Waals surface area contributed by atoms with Crippen LogP contribution in [0.4, 0.5) is 39.5 Å². The van der Waals surface area contributed by atoms with E-state index >= 15 is 4.39 Å². The zero-order chi connectivity index (χ0) is 26.4. The van der Waals surface area contributed by atoms with Crippen molar-refractivity contribution < 1.29 is 53.8 Å². The number of benzene rings is 1. The normalized spacial score (nSPS) is 21.2. The van der Waals surface area contributed by atoms with Gasteiger partial charge in [0.05, 0.1) is 0 Å². The van der Waals surface area contributed by atoms with Crippen LogP contribution in [-0.4, -0.2) is 40.9 Å². The van der Waals surface area contributed by atoms with E-state index in [1.807, 2.05) is 0 Å². The number of ether oxygens (including phenoxy) is 1. The van der Waals surface area contributed by atoms with Gasteiger partial charge in [-0.1, -0.05) is 28.1 Å². The SMILES string of the molecule is O=C(NC1C(OC(F)F)=CC=CC1(Br)C(F)(C(F)(F)F)C(F)(F)F)c1ccc2c(ccc[n+]2[O-])c1. The van der Waals surface area contributed by atoms with Gasteiger partial charge in [-0.2, -0.15) is 39.9 Å². The van der Waals surface area contributed by atoms with E-state index in [1.165, 1.54) is 12.1 Å². The molecule has 1 aromatic heterocycles. The van der Waals surface area contributed by atoms with Crippen LogP contribution in [0.3, 0.4) is 0 Å². The molecule has 0 fully saturated rings. The molecular weight excluding hydrogens is 567 g/mol. The van der Waals surface area contributed by atoms with E-state index in [2.05, 4.69) is 20.7 Å². The van der Waals surface area contributed by atoms with Crippen LogP contribution >= 0.6 is 15.9 Å². The minimum atomic E-state index is -6.61. The minimum Gasteiger partial charge on any atom is -0.618 e. The Hall–Kier alpha value is -2.97. The molecule has 1 aliphatic carbocycles. The largest absolute Gasteiger partial charge is 0.618 e. The molecule has 5 nitrogen and oxygen atoms in total. The first-order valence-electron chi connectivity index (χ1n) is 9.31. The van der Waals surface area contributed by atoms with Crippen LogP contribution in [0.5, 0.6) is 0 Å². The highest BCUT2D eigenvalue weighted by atomic mass is 79.9. The predicted molar refractivity (Wildman–Crippen MR) is 106 cm³/mol. The van der Waals surface area contributed by atoms with Crippen molar-refractivity contribution in [2.24, 2.45) is 0 Å². The van der Waals surface area contributed by atoms with E-state index in [-0.39, 0.29) is 22.5 Å². The number of aromatic nitrogens is 1. The highest BCUT2D eigenvalue weighted by Crippen LogP contribution is 2.58. The van der Waals surface area contributed by atoms with Gasteiger partial charge < -0.3 is 15.3 Å². The molecule has 0 saturated carbocycles. The van der Waals surface area contributed by atoms with Gasteiger partial charge >= 0.3 is 24.6 Å². The highest BCUT2D eigenvalue weighted by Gasteiger charge is 2.82. The van der Waals surface area contributed by atoms with E-state index in [9.17, 15) is 45.1 Å². The average molecular weight is 579 g/mol. The van der Waals surface area contributed by atoms with E-state index in [0.29, 0.717) is 16.9 Å². The molecular formula is C20H12BrF9N2O3. The first-order chi connectivity index (χ1) is 16.0. The summed E-state index contributed by atoms with van der Waals surface area (Å²) in [4.78, 5) is 12.8. The summed E-state index contributed by atoms with van der Waals surface area (Å²) in [5.41, 5.74) is -6.38. The van der Waals surface area contributed by atoms with Crippen LogP contribution in [-0.2, 0) is 4.74 Å². The third-order valence-corrected chi connectivity index (χ3v) is 6.41. The summed E-state index contributed by atoms with van der Waals surface area (Å²) in [6.45, 7) is -3.73. The predicted octanol–water partition coefficient (Wildman–Crippen LogP) is 5.23. The van der Waals surface area contributed by atoms with Gasteiger partial charge in [-0.05, 0) is 24.3 Å². The molecule has 0 saturated heterocycles. The molecule has 1 aromatic carbocycles. The smallest absolute Gasteiger partial charge is 0.433 e. The lowest BCUT2D eigenvalue weighted by atomic mass is 9.78.